The van der Waals surface area contributed by atoms with Gasteiger partial charge in [0.2, 0.25) is 0 Å². The lowest BCUT2D eigenvalue weighted by molar-refractivity contribution is -0.0908. The fourth-order valence-electron chi connectivity index (χ4n) is 8.13. The van der Waals surface area contributed by atoms with Crippen molar-refractivity contribution in [1.29, 1.82) is 0 Å². The Hall–Kier alpha value is -0.0800. The van der Waals surface area contributed by atoms with Crippen LogP contribution in [-0.2, 0) is 9.47 Å². The average Bonchev–Trinajstić information content (AvgIpc) is 3.41. The molecule has 0 aromatic rings. The van der Waals surface area contributed by atoms with Crippen LogP contribution in [0.1, 0.15) is 170 Å². The van der Waals surface area contributed by atoms with E-state index >= 15 is 0 Å². The number of ether oxygens (including phenoxy) is 2. The first kappa shape index (κ1) is 38.1. The molecule has 2 nitrogen and oxygen atoms in total. The summed E-state index contributed by atoms with van der Waals surface area (Å²) in [5.41, 5.74) is 3.01. The molecule has 3 unspecified atom stereocenters. The van der Waals surface area contributed by atoms with Crippen LogP contribution >= 0.6 is 0 Å². The Kier molecular flexibility index (Phi) is 11.8. The Morgan fingerprint density at radius 2 is 0.857 bits per heavy atom. The summed E-state index contributed by atoms with van der Waals surface area (Å²) in [6.07, 6.45) is 10.7. The van der Waals surface area contributed by atoms with Gasteiger partial charge in [0.05, 0.1) is 25.4 Å². The summed E-state index contributed by atoms with van der Waals surface area (Å²) >= 11 is 0. The minimum absolute atomic E-state index is 0.308. The van der Waals surface area contributed by atoms with Gasteiger partial charge in [0, 0.05) is 5.41 Å². The number of rotatable bonds is 0. The lowest BCUT2D eigenvalue weighted by Gasteiger charge is -2.41. The van der Waals surface area contributed by atoms with Gasteiger partial charge >= 0.3 is 0 Å². The smallest absolute Gasteiger partial charge is 0.0658 e. The van der Waals surface area contributed by atoms with Gasteiger partial charge in [-0.05, 0) is 101 Å². The summed E-state index contributed by atoms with van der Waals surface area (Å²) in [4.78, 5) is 0. The van der Waals surface area contributed by atoms with Crippen LogP contribution in [0.15, 0.2) is 0 Å². The molecule has 2 heteroatoms. The molecule has 4 rings (SSSR count). The summed E-state index contributed by atoms with van der Waals surface area (Å²) in [6.45, 7) is 44.1. The van der Waals surface area contributed by atoms with Gasteiger partial charge in [-0.3, -0.25) is 0 Å². The molecule has 0 aromatic carbocycles. The molecule has 0 amide bonds. The quantitative estimate of drug-likeness (QED) is 0.279. The van der Waals surface area contributed by atoms with Gasteiger partial charge in [-0.1, -0.05) is 125 Å². The van der Waals surface area contributed by atoms with E-state index in [1.807, 2.05) is 0 Å². The molecule has 0 aromatic heterocycles. The van der Waals surface area contributed by atoms with Gasteiger partial charge < -0.3 is 9.47 Å². The second kappa shape index (κ2) is 13.0. The van der Waals surface area contributed by atoms with Gasteiger partial charge in [-0.2, -0.15) is 0 Å². The lowest BCUT2D eigenvalue weighted by Crippen LogP contribution is -2.39. The second-order valence-electron chi connectivity index (χ2n) is 21.4. The van der Waals surface area contributed by atoms with Crippen LogP contribution < -0.4 is 0 Å². The molecule has 5 atom stereocenters. The molecule has 0 spiro atoms. The van der Waals surface area contributed by atoms with Crippen molar-refractivity contribution in [2.75, 3.05) is 13.2 Å². The van der Waals surface area contributed by atoms with E-state index in [4.69, 9.17) is 9.47 Å². The molecule has 2 aliphatic carbocycles. The van der Waals surface area contributed by atoms with Crippen molar-refractivity contribution in [1.82, 2.24) is 0 Å². The number of hydrogen-bond donors (Lipinski definition) is 0. The molecule has 4 fully saturated rings. The van der Waals surface area contributed by atoms with Gasteiger partial charge in [-0.15, -0.1) is 0 Å². The largest absolute Gasteiger partial charge is 0.377 e. The van der Waals surface area contributed by atoms with E-state index in [1.165, 1.54) is 44.9 Å². The van der Waals surface area contributed by atoms with Crippen molar-refractivity contribution in [3.8, 4) is 0 Å². The van der Waals surface area contributed by atoms with E-state index in [1.54, 1.807) is 0 Å². The topological polar surface area (TPSA) is 18.5 Å². The molecule has 42 heavy (non-hydrogen) atoms. The van der Waals surface area contributed by atoms with Crippen LogP contribution in [0.5, 0.6) is 0 Å². The molecular formula is C40H78O2. The highest BCUT2D eigenvalue weighted by atomic mass is 16.5. The first-order chi connectivity index (χ1) is 18.6. The minimum Gasteiger partial charge on any atom is -0.377 e. The standard InChI is InChI=1S/C14H28.C13H24O.C13H26O/c1-13(2,3)11-7-9-12(10-8-11)14(4,5)6;1-11(2,3)10-9-7-13(9,8-14-10)12(4,5)6;1-12(2,3)10-7-8-11(14-9-10)13(4,5)6/h11-12H,7-10H2,1-6H3;9-10H,7-8H2,1-6H3;10-11H,7-9H2,1-6H3/t;9-,10?,13-;/m.0./s1. The molecule has 0 N–H and O–H groups in total. The van der Waals surface area contributed by atoms with E-state index in [9.17, 15) is 0 Å². The Balaban J connectivity index is 0.000000220. The Morgan fingerprint density at radius 1 is 0.452 bits per heavy atom. The molecule has 2 heterocycles. The summed E-state index contributed by atoms with van der Waals surface area (Å²) in [7, 11) is 0. The van der Waals surface area contributed by atoms with Crippen molar-refractivity contribution in [2.24, 2.45) is 61.6 Å². The van der Waals surface area contributed by atoms with Crippen molar-refractivity contribution >= 4 is 0 Å². The molecule has 2 saturated heterocycles. The Morgan fingerprint density at radius 3 is 1.07 bits per heavy atom. The van der Waals surface area contributed by atoms with E-state index in [0.717, 1.165) is 36.9 Å². The zero-order valence-corrected chi connectivity index (χ0v) is 32.1. The SMILES string of the molecule is CC(C)(C)C1CCC(C(C)(C)C)CC1.CC(C)(C)C1CCC(C(C)(C)C)OC1.CC(C)(C)C1OC[C@@]2(C(C)(C)C)C[C@@H]12. The fraction of sp³-hybridized carbons (Fsp3) is 1.00. The molecule has 0 radical (unpaired) electrons. The van der Waals surface area contributed by atoms with Crippen LogP contribution in [0, 0.1) is 61.6 Å². The third-order valence-corrected chi connectivity index (χ3v) is 12.0. The van der Waals surface area contributed by atoms with Crippen LogP contribution in [-0.4, -0.2) is 25.4 Å². The van der Waals surface area contributed by atoms with Crippen LogP contribution in [0.25, 0.3) is 0 Å². The zero-order chi connectivity index (χ0) is 32.7. The minimum atomic E-state index is 0.308. The van der Waals surface area contributed by atoms with Crippen molar-refractivity contribution in [3.63, 3.8) is 0 Å². The van der Waals surface area contributed by atoms with E-state index in [-0.39, 0.29) is 0 Å². The molecule has 2 saturated carbocycles. The highest BCUT2D eigenvalue weighted by molar-refractivity contribution is 5.16. The molecular weight excluding hydrogens is 512 g/mol. The molecule has 250 valence electrons. The van der Waals surface area contributed by atoms with E-state index in [0.29, 0.717) is 50.1 Å². The summed E-state index contributed by atoms with van der Waals surface area (Å²) in [5.74, 6) is 3.48. The molecule has 2 aliphatic heterocycles. The van der Waals surface area contributed by atoms with E-state index < -0.39 is 0 Å². The monoisotopic (exact) mass is 591 g/mol. The van der Waals surface area contributed by atoms with Gasteiger partial charge in [-0.25, -0.2) is 0 Å². The van der Waals surface area contributed by atoms with Gasteiger partial charge in [0.25, 0.3) is 0 Å². The third-order valence-electron chi connectivity index (χ3n) is 12.0. The summed E-state index contributed by atoms with van der Waals surface area (Å²) in [6, 6.07) is 0. The maximum Gasteiger partial charge on any atom is 0.0658 e. The van der Waals surface area contributed by atoms with Crippen molar-refractivity contribution < 1.29 is 9.47 Å². The highest BCUT2D eigenvalue weighted by Gasteiger charge is 2.69. The normalized spacial score (nSPS) is 34.4. The second-order valence-corrected chi connectivity index (χ2v) is 21.4. The maximum atomic E-state index is 6.01. The Labute approximate surface area is 265 Å². The summed E-state index contributed by atoms with van der Waals surface area (Å²) < 4.78 is 12.0. The van der Waals surface area contributed by atoms with Gasteiger partial charge in [0.1, 0.15) is 0 Å². The average molecular weight is 591 g/mol. The van der Waals surface area contributed by atoms with Crippen molar-refractivity contribution in [2.45, 2.75) is 182 Å². The fourth-order valence-corrected chi connectivity index (χ4v) is 8.13. The predicted molar refractivity (Wildman–Crippen MR) is 185 cm³/mol. The molecule has 0 bridgehead atoms. The van der Waals surface area contributed by atoms with Gasteiger partial charge in [0.15, 0.2) is 0 Å². The summed E-state index contributed by atoms with van der Waals surface area (Å²) in [5, 5.41) is 0. The Bertz CT molecular complexity index is 724. The first-order valence-electron chi connectivity index (χ1n) is 17.8. The third kappa shape index (κ3) is 9.96. The maximum absolute atomic E-state index is 6.01. The first-order valence-corrected chi connectivity index (χ1v) is 17.8. The van der Waals surface area contributed by atoms with Crippen LogP contribution in [0.2, 0.25) is 0 Å². The van der Waals surface area contributed by atoms with Crippen molar-refractivity contribution in [3.05, 3.63) is 0 Å². The highest BCUT2D eigenvalue weighted by Crippen LogP contribution is 2.70. The number of fused-ring (bicyclic) bond motifs is 1. The number of hydrogen-bond acceptors (Lipinski definition) is 2. The predicted octanol–water partition coefficient (Wildman–Crippen LogP) is 12.2. The van der Waals surface area contributed by atoms with Crippen LogP contribution in [0.4, 0.5) is 0 Å². The van der Waals surface area contributed by atoms with Crippen LogP contribution in [0.3, 0.4) is 0 Å². The van der Waals surface area contributed by atoms with E-state index in [2.05, 4.69) is 125 Å². The molecule has 4 aliphatic rings. The lowest BCUT2D eigenvalue weighted by atomic mass is 9.64. The zero-order valence-electron chi connectivity index (χ0n) is 32.1.